The zero-order chi connectivity index (χ0) is 21.5. The monoisotopic (exact) mass is 486 g/mol. The van der Waals surface area contributed by atoms with E-state index in [2.05, 4.69) is 93.4 Å². The zero-order valence-corrected chi connectivity index (χ0v) is 20.4. The van der Waals surface area contributed by atoms with Gasteiger partial charge in [0.1, 0.15) is 0 Å². The summed E-state index contributed by atoms with van der Waals surface area (Å²) in [5.41, 5.74) is 5.14. The molecule has 0 saturated heterocycles. The van der Waals surface area contributed by atoms with Gasteiger partial charge in [-0.2, -0.15) is 0 Å². The molecule has 4 aromatic rings. The first-order valence-corrected chi connectivity index (χ1v) is 13.3. The number of hydrogen-bond donors (Lipinski definition) is 2. The smallest absolute Gasteiger partial charge is 0.207 e. The Labute approximate surface area is 198 Å². The fraction of sp³-hybridized carbons (Fsp3) is 0.238. The molecule has 0 spiro atoms. The number of anilines is 2. The lowest BCUT2D eigenvalue weighted by molar-refractivity contribution is 0.990. The van der Waals surface area contributed by atoms with Crippen LogP contribution in [-0.2, 0) is 11.5 Å². The topological polar surface area (TPSA) is 75.6 Å². The van der Waals surface area contributed by atoms with Crippen LogP contribution in [0, 0.1) is 13.8 Å². The van der Waals surface area contributed by atoms with Crippen LogP contribution in [0.5, 0.6) is 0 Å². The number of thioether (sulfide) groups is 2. The van der Waals surface area contributed by atoms with Gasteiger partial charge in [-0.3, -0.25) is 0 Å². The minimum Gasteiger partial charge on any atom is -0.343 e. The molecule has 160 valence electrons. The molecule has 0 amide bonds. The minimum absolute atomic E-state index is 0.522. The maximum atomic E-state index is 4.26. The zero-order valence-electron chi connectivity index (χ0n) is 17.2. The van der Waals surface area contributed by atoms with Crippen LogP contribution in [0.2, 0.25) is 0 Å². The third kappa shape index (κ3) is 6.93. The van der Waals surface area contributed by atoms with Crippen molar-refractivity contribution in [1.82, 2.24) is 20.4 Å². The van der Waals surface area contributed by atoms with E-state index in [0.717, 1.165) is 30.4 Å². The Bertz CT molecular complexity index is 1040. The number of nitrogens with one attached hydrogen (secondary N) is 2. The Morgan fingerprint density at radius 3 is 1.65 bits per heavy atom. The van der Waals surface area contributed by atoms with Gasteiger partial charge in [-0.25, -0.2) is 0 Å². The summed E-state index contributed by atoms with van der Waals surface area (Å²) >= 11 is 6.52. The second-order valence-electron chi connectivity index (χ2n) is 6.83. The molecule has 2 N–H and O–H groups in total. The van der Waals surface area contributed by atoms with Gasteiger partial charge in [-0.15, -0.1) is 20.4 Å². The Morgan fingerprint density at radius 1 is 0.710 bits per heavy atom. The molecule has 4 rings (SSSR count). The molecular formula is C21H22N6S4. The predicted octanol–water partition coefficient (Wildman–Crippen LogP) is 6.07. The average Bonchev–Trinajstić information content (AvgIpc) is 3.40. The first kappa shape index (κ1) is 22.1. The number of hydrogen-bond acceptors (Lipinski definition) is 10. The molecule has 31 heavy (non-hydrogen) atoms. The van der Waals surface area contributed by atoms with Crippen LogP contribution in [0.25, 0.3) is 0 Å². The lowest BCUT2D eigenvalue weighted by atomic mass is 10.2. The molecule has 2 heterocycles. The normalized spacial score (nSPS) is 10.9. The molecule has 0 saturated carbocycles. The molecule has 0 bridgehead atoms. The molecule has 2 aromatic heterocycles. The van der Waals surface area contributed by atoms with E-state index >= 15 is 0 Å². The molecule has 0 aliphatic heterocycles. The lowest BCUT2D eigenvalue weighted by Gasteiger charge is -2.02. The van der Waals surface area contributed by atoms with Crippen molar-refractivity contribution in [2.45, 2.75) is 34.0 Å². The third-order valence-electron chi connectivity index (χ3n) is 4.18. The lowest BCUT2D eigenvalue weighted by Crippen LogP contribution is -2.11. The molecule has 0 unspecified atom stereocenters. The standard InChI is InChI=1S/C21H22N6S4/c1-14-5-3-7-16(9-14)11-28-20-26-24-18(30-20)22-13-23-19-25-27-21(31-19)29-12-17-8-4-6-15(2)10-17/h3-10H,11-13H2,1-2H3,(H,22,24)(H,23,25). The summed E-state index contributed by atoms with van der Waals surface area (Å²) < 4.78 is 1.91. The minimum atomic E-state index is 0.522. The van der Waals surface area contributed by atoms with E-state index in [1.54, 1.807) is 46.2 Å². The largest absolute Gasteiger partial charge is 0.343 e. The summed E-state index contributed by atoms with van der Waals surface area (Å²) in [6.45, 7) is 4.74. The number of benzene rings is 2. The van der Waals surface area contributed by atoms with Crippen molar-refractivity contribution in [2.24, 2.45) is 0 Å². The summed E-state index contributed by atoms with van der Waals surface area (Å²) in [7, 11) is 0. The second kappa shape index (κ2) is 10.9. The van der Waals surface area contributed by atoms with Crippen molar-refractivity contribution in [3.63, 3.8) is 0 Å². The van der Waals surface area contributed by atoms with Gasteiger partial charge in [0.25, 0.3) is 0 Å². The van der Waals surface area contributed by atoms with Crippen LogP contribution in [0.3, 0.4) is 0 Å². The summed E-state index contributed by atoms with van der Waals surface area (Å²) in [6.07, 6.45) is 0. The van der Waals surface area contributed by atoms with E-state index < -0.39 is 0 Å². The highest BCUT2D eigenvalue weighted by molar-refractivity contribution is 8.00. The van der Waals surface area contributed by atoms with Crippen molar-refractivity contribution in [1.29, 1.82) is 0 Å². The van der Waals surface area contributed by atoms with E-state index in [1.807, 2.05) is 0 Å². The first-order chi connectivity index (χ1) is 15.1. The van der Waals surface area contributed by atoms with E-state index in [0.29, 0.717) is 6.67 Å². The maximum Gasteiger partial charge on any atom is 0.207 e. The van der Waals surface area contributed by atoms with E-state index in [4.69, 9.17) is 0 Å². The molecule has 10 heteroatoms. The van der Waals surface area contributed by atoms with Gasteiger partial charge in [-0.05, 0) is 25.0 Å². The molecule has 0 aliphatic rings. The van der Waals surface area contributed by atoms with Crippen LogP contribution in [0.4, 0.5) is 10.3 Å². The van der Waals surface area contributed by atoms with Crippen molar-refractivity contribution in [2.75, 3.05) is 17.3 Å². The fourth-order valence-electron chi connectivity index (χ4n) is 2.77. The molecule has 0 fully saturated rings. The number of aryl methyl sites for hydroxylation is 2. The van der Waals surface area contributed by atoms with Gasteiger partial charge in [0.2, 0.25) is 10.3 Å². The highest BCUT2D eigenvalue weighted by atomic mass is 32.2. The Balaban J connectivity index is 1.19. The van der Waals surface area contributed by atoms with Gasteiger partial charge in [0.15, 0.2) is 8.68 Å². The quantitative estimate of drug-likeness (QED) is 0.207. The van der Waals surface area contributed by atoms with Gasteiger partial charge in [0.05, 0.1) is 6.67 Å². The fourth-order valence-corrected chi connectivity index (χ4v) is 6.15. The number of nitrogens with zero attached hydrogens (tertiary/aromatic N) is 4. The van der Waals surface area contributed by atoms with Crippen LogP contribution in [-0.4, -0.2) is 27.1 Å². The van der Waals surface area contributed by atoms with Crippen LogP contribution >= 0.6 is 46.2 Å². The Morgan fingerprint density at radius 2 is 1.19 bits per heavy atom. The van der Waals surface area contributed by atoms with Gasteiger partial charge in [-0.1, -0.05) is 106 Å². The summed E-state index contributed by atoms with van der Waals surface area (Å²) in [6, 6.07) is 17.1. The predicted molar refractivity (Wildman–Crippen MR) is 133 cm³/mol. The first-order valence-electron chi connectivity index (χ1n) is 9.65. The van der Waals surface area contributed by atoms with Crippen LogP contribution < -0.4 is 10.6 Å². The van der Waals surface area contributed by atoms with Crippen molar-refractivity contribution in [3.8, 4) is 0 Å². The molecular weight excluding hydrogens is 465 g/mol. The molecule has 2 aromatic carbocycles. The van der Waals surface area contributed by atoms with Gasteiger partial charge < -0.3 is 10.6 Å². The van der Waals surface area contributed by atoms with Crippen molar-refractivity contribution in [3.05, 3.63) is 70.8 Å². The number of aromatic nitrogens is 4. The summed E-state index contributed by atoms with van der Waals surface area (Å²) in [5, 5.41) is 25.0. The highest BCUT2D eigenvalue weighted by Crippen LogP contribution is 2.30. The van der Waals surface area contributed by atoms with E-state index in [9.17, 15) is 0 Å². The van der Waals surface area contributed by atoms with Crippen LogP contribution in [0.1, 0.15) is 22.3 Å². The van der Waals surface area contributed by atoms with E-state index in [-0.39, 0.29) is 0 Å². The van der Waals surface area contributed by atoms with E-state index in [1.165, 1.54) is 22.3 Å². The highest BCUT2D eigenvalue weighted by Gasteiger charge is 2.07. The molecule has 0 radical (unpaired) electrons. The summed E-state index contributed by atoms with van der Waals surface area (Å²) in [4.78, 5) is 0. The SMILES string of the molecule is Cc1cccc(CSc2nnc(NCNc3nnc(SCc4cccc(C)c4)s3)s2)c1. The second-order valence-corrected chi connectivity index (χ2v) is 11.2. The Kier molecular flexibility index (Phi) is 7.79. The van der Waals surface area contributed by atoms with Gasteiger partial charge >= 0.3 is 0 Å². The molecule has 0 atom stereocenters. The van der Waals surface area contributed by atoms with Crippen molar-refractivity contribution < 1.29 is 0 Å². The number of rotatable bonds is 10. The maximum absolute atomic E-state index is 4.26. The van der Waals surface area contributed by atoms with Gasteiger partial charge in [0, 0.05) is 11.5 Å². The molecule has 0 aliphatic carbocycles. The van der Waals surface area contributed by atoms with Crippen molar-refractivity contribution >= 4 is 56.5 Å². The average molecular weight is 487 g/mol. The molecule has 6 nitrogen and oxygen atoms in total. The Hall–Kier alpha value is -2.14. The van der Waals surface area contributed by atoms with Crippen LogP contribution in [0.15, 0.2) is 57.2 Å². The summed E-state index contributed by atoms with van der Waals surface area (Å²) in [5.74, 6) is 1.78. The third-order valence-corrected chi connectivity index (χ3v) is 8.35.